The van der Waals surface area contributed by atoms with Gasteiger partial charge in [0.1, 0.15) is 11.5 Å². The van der Waals surface area contributed by atoms with E-state index in [0.29, 0.717) is 22.5 Å². The number of fused-ring (bicyclic) bond motifs is 1. The highest BCUT2D eigenvalue weighted by Crippen LogP contribution is 2.29. The van der Waals surface area contributed by atoms with Crippen LogP contribution in [0.25, 0.3) is 16.7 Å². The summed E-state index contributed by atoms with van der Waals surface area (Å²) in [6.45, 7) is 3.65. The van der Waals surface area contributed by atoms with Crippen LogP contribution < -0.4 is 10.3 Å². The monoisotopic (exact) mass is 308 g/mol. The quantitative estimate of drug-likeness (QED) is 0.753. The molecule has 0 bridgehead atoms. The van der Waals surface area contributed by atoms with Gasteiger partial charge in [0.15, 0.2) is 5.65 Å². The number of aromatic hydroxyl groups is 1. The molecule has 0 aliphatic carbocycles. The summed E-state index contributed by atoms with van der Waals surface area (Å²) >= 11 is 0. The molecule has 116 valence electrons. The van der Waals surface area contributed by atoms with Crippen LogP contribution in [0.1, 0.15) is 5.56 Å². The number of rotatable bonds is 4. The Morgan fingerprint density at radius 1 is 1.30 bits per heavy atom. The van der Waals surface area contributed by atoms with Gasteiger partial charge in [0.05, 0.1) is 23.7 Å². The molecule has 0 atom stereocenters. The molecule has 0 radical (unpaired) electrons. The van der Waals surface area contributed by atoms with Crippen LogP contribution in [-0.2, 0) is 6.42 Å². The van der Waals surface area contributed by atoms with Crippen LogP contribution in [0.2, 0.25) is 0 Å². The molecular formula is C18H16N2O3. The molecule has 0 fully saturated rings. The molecular weight excluding hydrogens is 292 g/mol. The Kier molecular flexibility index (Phi) is 3.85. The maximum Gasteiger partial charge on any atom is 0.264 e. The molecule has 2 aromatic heterocycles. The van der Waals surface area contributed by atoms with Crippen molar-refractivity contribution in [1.29, 1.82) is 0 Å². The lowest BCUT2D eigenvalue weighted by Gasteiger charge is -2.15. The molecule has 0 amide bonds. The first kappa shape index (κ1) is 14.8. The number of pyridine rings is 2. The molecule has 3 aromatic rings. The Bertz CT molecular complexity index is 945. The highest BCUT2D eigenvalue weighted by atomic mass is 16.5. The summed E-state index contributed by atoms with van der Waals surface area (Å²) in [4.78, 5) is 17.2. The largest absolute Gasteiger partial charge is 0.507 e. The van der Waals surface area contributed by atoms with Gasteiger partial charge in [0.25, 0.3) is 5.56 Å². The van der Waals surface area contributed by atoms with Crippen LogP contribution in [0, 0.1) is 0 Å². The van der Waals surface area contributed by atoms with Crippen LogP contribution in [0.3, 0.4) is 0 Å². The Labute approximate surface area is 133 Å². The van der Waals surface area contributed by atoms with E-state index in [4.69, 9.17) is 4.74 Å². The first-order valence-electron chi connectivity index (χ1n) is 7.15. The number of aromatic nitrogens is 2. The van der Waals surface area contributed by atoms with Gasteiger partial charge in [0, 0.05) is 6.20 Å². The Morgan fingerprint density at radius 2 is 2.09 bits per heavy atom. The average molecular weight is 308 g/mol. The first-order valence-corrected chi connectivity index (χ1v) is 7.15. The zero-order valence-corrected chi connectivity index (χ0v) is 12.7. The molecule has 0 aliphatic heterocycles. The molecule has 0 saturated heterocycles. The minimum atomic E-state index is -0.335. The smallest absolute Gasteiger partial charge is 0.264 e. The van der Waals surface area contributed by atoms with E-state index in [0.717, 1.165) is 0 Å². The maximum atomic E-state index is 12.9. The van der Waals surface area contributed by atoms with Gasteiger partial charge in [-0.3, -0.25) is 9.36 Å². The summed E-state index contributed by atoms with van der Waals surface area (Å²) in [7, 11) is 1.55. The third-order valence-electron chi connectivity index (χ3n) is 3.68. The highest BCUT2D eigenvalue weighted by Gasteiger charge is 2.18. The fourth-order valence-electron chi connectivity index (χ4n) is 2.62. The molecule has 1 N–H and O–H groups in total. The van der Waals surface area contributed by atoms with E-state index in [2.05, 4.69) is 11.6 Å². The Hall–Kier alpha value is -3.08. The summed E-state index contributed by atoms with van der Waals surface area (Å²) in [5.41, 5.74) is 0.908. The van der Waals surface area contributed by atoms with Gasteiger partial charge in [-0.25, -0.2) is 4.98 Å². The van der Waals surface area contributed by atoms with Crippen LogP contribution >= 0.6 is 0 Å². The zero-order valence-electron chi connectivity index (χ0n) is 12.7. The number of ether oxygens (including phenoxy) is 1. The Morgan fingerprint density at radius 3 is 2.83 bits per heavy atom. The normalized spacial score (nSPS) is 10.7. The van der Waals surface area contributed by atoms with E-state index in [1.54, 1.807) is 43.6 Å². The number of para-hydroxylation sites is 2. The lowest BCUT2D eigenvalue weighted by atomic mass is 10.1. The van der Waals surface area contributed by atoms with Crippen molar-refractivity contribution in [3.63, 3.8) is 0 Å². The Balaban J connectivity index is 2.49. The van der Waals surface area contributed by atoms with E-state index >= 15 is 0 Å². The van der Waals surface area contributed by atoms with E-state index in [1.807, 2.05) is 12.1 Å². The fraction of sp³-hybridized carbons (Fsp3) is 0.111. The lowest BCUT2D eigenvalue weighted by molar-refractivity contribution is 0.412. The molecule has 5 heteroatoms. The topological polar surface area (TPSA) is 64.3 Å². The molecule has 2 heterocycles. The fourth-order valence-corrected chi connectivity index (χ4v) is 2.62. The van der Waals surface area contributed by atoms with Crippen LogP contribution in [0.5, 0.6) is 11.5 Å². The van der Waals surface area contributed by atoms with E-state index in [1.165, 1.54) is 4.57 Å². The van der Waals surface area contributed by atoms with Crippen molar-refractivity contribution in [2.24, 2.45) is 0 Å². The highest BCUT2D eigenvalue weighted by molar-refractivity contribution is 5.85. The number of methoxy groups -OCH3 is 1. The van der Waals surface area contributed by atoms with Crippen molar-refractivity contribution < 1.29 is 9.84 Å². The number of allylic oxidation sites excluding steroid dienone is 1. The standard InChI is InChI=1S/C18H16N2O3/c1-3-7-13-16(21)12-8-6-11-19-17(12)20(18(13)22)14-9-4-5-10-15(14)23-2/h3-6,8-11,21H,1,7H2,2H3. The van der Waals surface area contributed by atoms with Crippen molar-refractivity contribution in [2.75, 3.05) is 7.11 Å². The molecule has 23 heavy (non-hydrogen) atoms. The van der Waals surface area contributed by atoms with Gasteiger partial charge in [-0.15, -0.1) is 6.58 Å². The summed E-state index contributed by atoms with van der Waals surface area (Å²) in [5.74, 6) is 0.501. The van der Waals surface area contributed by atoms with Crippen molar-refractivity contribution >= 4 is 11.0 Å². The predicted molar refractivity (Wildman–Crippen MR) is 89.5 cm³/mol. The minimum Gasteiger partial charge on any atom is -0.507 e. The number of hydrogen-bond acceptors (Lipinski definition) is 4. The minimum absolute atomic E-state index is 0.0517. The molecule has 1 aromatic carbocycles. The molecule has 5 nitrogen and oxygen atoms in total. The summed E-state index contributed by atoms with van der Waals surface area (Å²) in [6, 6.07) is 10.7. The second-order valence-electron chi connectivity index (χ2n) is 5.01. The SMILES string of the molecule is C=CCc1c(O)c2cccnc2n(-c2ccccc2OC)c1=O. The van der Waals surface area contributed by atoms with Gasteiger partial charge >= 0.3 is 0 Å². The van der Waals surface area contributed by atoms with E-state index in [-0.39, 0.29) is 23.3 Å². The molecule has 3 rings (SSSR count). The van der Waals surface area contributed by atoms with E-state index in [9.17, 15) is 9.90 Å². The number of benzene rings is 1. The van der Waals surface area contributed by atoms with Crippen molar-refractivity contribution in [3.05, 3.63) is 71.2 Å². The predicted octanol–water partition coefficient (Wildman–Crippen LogP) is 2.83. The van der Waals surface area contributed by atoms with Crippen LogP contribution in [-0.4, -0.2) is 21.8 Å². The summed E-state index contributed by atoms with van der Waals surface area (Å²) in [5, 5.41) is 10.9. The van der Waals surface area contributed by atoms with Crippen molar-refractivity contribution in [1.82, 2.24) is 9.55 Å². The maximum absolute atomic E-state index is 12.9. The summed E-state index contributed by atoms with van der Waals surface area (Å²) in [6.07, 6.45) is 3.44. The second-order valence-corrected chi connectivity index (χ2v) is 5.01. The third-order valence-corrected chi connectivity index (χ3v) is 3.68. The molecule has 0 unspecified atom stereocenters. The van der Waals surface area contributed by atoms with Gasteiger partial charge < -0.3 is 9.84 Å². The lowest BCUT2D eigenvalue weighted by Crippen LogP contribution is -2.23. The molecule has 0 saturated carbocycles. The van der Waals surface area contributed by atoms with E-state index < -0.39 is 0 Å². The number of hydrogen-bond donors (Lipinski definition) is 1. The first-order chi connectivity index (χ1) is 11.2. The van der Waals surface area contributed by atoms with Crippen molar-refractivity contribution in [3.8, 4) is 17.2 Å². The molecule has 0 spiro atoms. The average Bonchev–Trinajstić information content (AvgIpc) is 2.59. The van der Waals surface area contributed by atoms with Gasteiger partial charge in [-0.05, 0) is 30.7 Å². The van der Waals surface area contributed by atoms with Crippen LogP contribution in [0.4, 0.5) is 0 Å². The van der Waals surface area contributed by atoms with Crippen molar-refractivity contribution in [2.45, 2.75) is 6.42 Å². The number of nitrogens with zero attached hydrogens (tertiary/aromatic N) is 2. The van der Waals surface area contributed by atoms with Gasteiger partial charge in [-0.1, -0.05) is 18.2 Å². The third kappa shape index (κ3) is 2.36. The van der Waals surface area contributed by atoms with Gasteiger partial charge in [0.2, 0.25) is 0 Å². The van der Waals surface area contributed by atoms with Crippen LogP contribution in [0.15, 0.2) is 60.0 Å². The summed E-state index contributed by atoms with van der Waals surface area (Å²) < 4.78 is 6.83. The zero-order chi connectivity index (χ0) is 16.4. The second kappa shape index (κ2) is 5.96. The van der Waals surface area contributed by atoms with Gasteiger partial charge in [-0.2, -0.15) is 0 Å². The molecule has 0 aliphatic rings.